The molecule has 3 rings (SSSR count). The second-order valence-corrected chi connectivity index (χ2v) is 9.30. The van der Waals surface area contributed by atoms with Gasteiger partial charge >= 0.3 is 0 Å². The summed E-state index contributed by atoms with van der Waals surface area (Å²) in [5.41, 5.74) is 1.04. The van der Waals surface area contributed by atoms with Crippen molar-refractivity contribution in [3.63, 3.8) is 0 Å². The third-order valence-electron chi connectivity index (χ3n) is 5.46. The Balaban J connectivity index is 1.64. The number of carbonyl (C=O) groups is 2. The fourth-order valence-electron chi connectivity index (χ4n) is 3.87. The molecule has 176 valence electrons. The van der Waals surface area contributed by atoms with Crippen molar-refractivity contribution < 1.29 is 22.8 Å². The maximum atomic E-state index is 13.8. The highest BCUT2D eigenvalue weighted by Gasteiger charge is 2.25. The van der Waals surface area contributed by atoms with Gasteiger partial charge in [0, 0.05) is 4.88 Å². The molecular formula is C23H25F3N4O2S. The standard InChI is InChI=1S/C23H25F3N4O2S/c1-3-8-30(11-19(31)28-17-7-6-16(24)21(25)22(17)26)12-20(32)29-23-15(10-27)14-5-4-13(2)9-18(14)33-23/h6-7,13H,3-5,8-9,11-12H2,1-2H3,(H,28,31)(H,29,32)/t13-/m1/s1. The molecule has 1 atom stereocenters. The molecule has 0 saturated heterocycles. The normalized spacial score (nSPS) is 15.1. The van der Waals surface area contributed by atoms with Gasteiger partial charge in [-0.05, 0) is 55.8 Å². The lowest BCUT2D eigenvalue weighted by atomic mass is 9.89. The van der Waals surface area contributed by atoms with Crippen molar-refractivity contribution in [1.29, 1.82) is 5.26 Å². The monoisotopic (exact) mass is 478 g/mol. The zero-order valence-corrected chi connectivity index (χ0v) is 19.3. The number of hydrogen-bond donors (Lipinski definition) is 2. The van der Waals surface area contributed by atoms with Gasteiger partial charge in [-0.3, -0.25) is 14.5 Å². The van der Waals surface area contributed by atoms with Crippen molar-refractivity contribution in [3.05, 3.63) is 45.6 Å². The van der Waals surface area contributed by atoms with Crippen molar-refractivity contribution >= 4 is 33.8 Å². The van der Waals surface area contributed by atoms with Crippen LogP contribution in [0.3, 0.4) is 0 Å². The topological polar surface area (TPSA) is 85.2 Å². The molecule has 0 unspecified atom stereocenters. The summed E-state index contributed by atoms with van der Waals surface area (Å²) in [6, 6.07) is 3.86. The lowest BCUT2D eigenvalue weighted by Crippen LogP contribution is -2.39. The summed E-state index contributed by atoms with van der Waals surface area (Å²) in [4.78, 5) is 27.7. The molecule has 1 aliphatic carbocycles. The van der Waals surface area contributed by atoms with E-state index in [9.17, 15) is 28.0 Å². The first-order valence-electron chi connectivity index (χ1n) is 10.7. The third-order valence-corrected chi connectivity index (χ3v) is 6.63. The second kappa shape index (κ2) is 10.8. The molecule has 10 heteroatoms. The number of halogens is 3. The van der Waals surface area contributed by atoms with Crippen LogP contribution in [-0.4, -0.2) is 36.3 Å². The van der Waals surface area contributed by atoms with Crippen LogP contribution in [0.25, 0.3) is 0 Å². The fourth-order valence-corrected chi connectivity index (χ4v) is 5.25. The molecule has 0 saturated carbocycles. The number of anilines is 2. The van der Waals surface area contributed by atoms with Crippen LogP contribution in [0.1, 0.15) is 42.7 Å². The van der Waals surface area contributed by atoms with Gasteiger partial charge in [-0.2, -0.15) is 5.26 Å². The Morgan fingerprint density at radius 2 is 1.88 bits per heavy atom. The zero-order valence-electron chi connectivity index (χ0n) is 18.4. The predicted molar refractivity (Wildman–Crippen MR) is 121 cm³/mol. The molecule has 1 aromatic heterocycles. The summed E-state index contributed by atoms with van der Waals surface area (Å²) in [5.74, 6) is -5.01. The third kappa shape index (κ3) is 5.92. The number of carbonyl (C=O) groups excluding carboxylic acids is 2. The van der Waals surface area contributed by atoms with E-state index in [0.29, 0.717) is 29.4 Å². The minimum absolute atomic E-state index is 0.120. The molecule has 2 amide bonds. The summed E-state index contributed by atoms with van der Waals surface area (Å²) >= 11 is 1.42. The van der Waals surface area contributed by atoms with Crippen molar-refractivity contribution in [2.75, 3.05) is 30.3 Å². The minimum Gasteiger partial charge on any atom is -0.322 e. The number of rotatable bonds is 8. The smallest absolute Gasteiger partial charge is 0.239 e. The summed E-state index contributed by atoms with van der Waals surface area (Å²) in [5, 5.41) is 15.1. The van der Waals surface area contributed by atoms with Crippen molar-refractivity contribution in [3.8, 4) is 6.07 Å². The summed E-state index contributed by atoms with van der Waals surface area (Å²) in [6.07, 6.45) is 3.35. The van der Waals surface area contributed by atoms with Crippen LogP contribution < -0.4 is 10.6 Å². The lowest BCUT2D eigenvalue weighted by molar-refractivity contribution is -0.120. The quantitative estimate of drug-likeness (QED) is 0.549. The van der Waals surface area contributed by atoms with E-state index in [0.717, 1.165) is 41.8 Å². The number of nitriles is 1. The van der Waals surface area contributed by atoms with Crippen LogP contribution in [0.2, 0.25) is 0 Å². The summed E-state index contributed by atoms with van der Waals surface area (Å²) < 4.78 is 40.3. The SMILES string of the molecule is CCCN(CC(=O)Nc1ccc(F)c(F)c1F)CC(=O)Nc1sc2c(c1C#N)CC[C@@H](C)C2. The van der Waals surface area contributed by atoms with Crippen LogP contribution >= 0.6 is 11.3 Å². The zero-order chi connectivity index (χ0) is 24.1. The number of hydrogen-bond acceptors (Lipinski definition) is 5. The molecule has 0 spiro atoms. The molecule has 33 heavy (non-hydrogen) atoms. The van der Waals surface area contributed by atoms with Gasteiger partial charge in [-0.15, -0.1) is 11.3 Å². The molecule has 0 fully saturated rings. The predicted octanol–water partition coefficient (Wildman–Crippen LogP) is 4.45. The Bertz CT molecular complexity index is 1100. The van der Waals surface area contributed by atoms with Gasteiger partial charge in [0.25, 0.3) is 0 Å². The Morgan fingerprint density at radius 1 is 1.18 bits per heavy atom. The maximum Gasteiger partial charge on any atom is 0.239 e. The van der Waals surface area contributed by atoms with Gasteiger partial charge < -0.3 is 10.6 Å². The van der Waals surface area contributed by atoms with Crippen LogP contribution in [0.4, 0.5) is 23.9 Å². The molecule has 0 aliphatic heterocycles. The number of thiophene rings is 1. The Hall–Kier alpha value is -2.90. The molecule has 1 aliphatic rings. The molecule has 1 heterocycles. The van der Waals surface area contributed by atoms with Gasteiger partial charge in [-0.1, -0.05) is 13.8 Å². The van der Waals surface area contributed by atoms with Crippen LogP contribution in [0.5, 0.6) is 0 Å². The highest BCUT2D eigenvalue weighted by Crippen LogP contribution is 2.39. The molecule has 2 N–H and O–H groups in total. The minimum atomic E-state index is -1.67. The number of nitrogens with zero attached hydrogens (tertiary/aromatic N) is 2. The average Bonchev–Trinajstić information content (AvgIpc) is 3.09. The van der Waals surface area contributed by atoms with Gasteiger partial charge in [0.1, 0.15) is 11.1 Å². The number of nitrogens with one attached hydrogen (secondary N) is 2. The molecule has 2 aromatic rings. The first-order chi connectivity index (χ1) is 15.7. The van der Waals surface area contributed by atoms with Crippen LogP contribution in [-0.2, 0) is 22.4 Å². The van der Waals surface area contributed by atoms with Crippen LogP contribution in [0, 0.1) is 34.7 Å². The number of amides is 2. The van der Waals surface area contributed by atoms with Gasteiger partial charge in [-0.25, -0.2) is 13.2 Å². The highest BCUT2D eigenvalue weighted by atomic mass is 32.1. The van der Waals surface area contributed by atoms with E-state index >= 15 is 0 Å². The Morgan fingerprint density at radius 3 is 2.55 bits per heavy atom. The van der Waals surface area contributed by atoms with E-state index in [1.54, 1.807) is 4.90 Å². The molecule has 0 radical (unpaired) electrons. The van der Waals surface area contributed by atoms with E-state index < -0.39 is 29.0 Å². The van der Waals surface area contributed by atoms with Gasteiger partial charge in [0.05, 0.1) is 24.3 Å². The van der Waals surface area contributed by atoms with Gasteiger partial charge in [0.2, 0.25) is 11.8 Å². The van der Waals surface area contributed by atoms with Gasteiger partial charge in [0.15, 0.2) is 17.5 Å². The first-order valence-corrected chi connectivity index (χ1v) is 11.5. The van der Waals surface area contributed by atoms with E-state index in [1.165, 1.54) is 11.3 Å². The number of benzene rings is 1. The lowest BCUT2D eigenvalue weighted by Gasteiger charge is -2.20. The van der Waals surface area contributed by atoms with E-state index in [-0.39, 0.29) is 19.0 Å². The molecule has 1 aromatic carbocycles. The largest absolute Gasteiger partial charge is 0.322 e. The van der Waals surface area contributed by atoms with Crippen LogP contribution in [0.15, 0.2) is 12.1 Å². The maximum absolute atomic E-state index is 13.8. The molecule has 6 nitrogen and oxygen atoms in total. The second-order valence-electron chi connectivity index (χ2n) is 8.20. The number of fused-ring (bicyclic) bond motifs is 1. The Labute approximate surface area is 194 Å². The Kier molecular flexibility index (Phi) is 8.10. The van der Waals surface area contributed by atoms with Crippen molar-refractivity contribution in [1.82, 2.24) is 4.90 Å². The van der Waals surface area contributed by atoms with Crippen molar-refractivity contribution in [2.45, 2.75) is 39.5 Å². The van der Waals surface area contributed by atoms with Crippen molar-refractivity contribution in [2.24, 2.45) is 5.92 Å². The summed E-state index contributed by atoms with van der Waals surface area (Å²) in [6.45, 7) is 4.08. The summed E-state index contributed by atoms with van der Waals surface area (Å²) in [7, 11) is 0. The first kappa shape index (κ1) is 24.7. The fraction of sp³-hybridized carbons (Fsp3) is 0.435. The van der Waals surface area contributed by atoms with E-state index in [2.05, 4.69) is 23.6 Å². The molecule has 0 bridgehead atoms. The van der Waals surface area contributed by atoms with E-state index in [1.807, 2.05) is 6.92 Å². The average molecular weight is 479 g/mol. The molecular weight excluding hydrogens is 453 g/mol. The van der Waals surface area contributed by atoms with E-state index in [4.69, 9.17) is 0 Å². The highest BCUT2D eigenvalue weighted by molar-refractivity contribution is 7.16.